The van der Waals surface area contributed by atoms with Gasteiger partial charge in [0.05, 0.1) is 6.10 Å². The van der Waals surface area contributed by atoms with Gasteiger partial charge in [0, 0.05) is 40.7 Å². The van der Waals surface area contributed by atoms with Crippen LogP contribution in [0, 0.1) is 40.9 Å². The fourth-order valence-corrected chi connectivity index (χ4v) is 10.3. The molecule has 6 aliphatic heterocycles. The molecule has 8 aliphatic rings. The molecule has 0 aromatic rings. The second kappa shape index (κ2) is 13.0. The molecule has 8 rings (SSSR count). The van der Waals surface area contributed by atoms with Crippen molar-refractivity contribution in [2.24, 2.45) is 40.9 Å². The molecule has 0 aromatic carbocycles. The van der Waals surface area contributed by atoms with Gasteiger partial charge in [-0.1, -0.05) is 20.8 Å². The predicted molar refractivity (Wildman–Crippen MR) is 165 cm³/mol. The zero-order valence-corrected chi connectivity index (χ0v) is 29.8. The highest BCUT2D eigenvalue weighted by Crippen LogP contribution is 2.62. The van der Waals surface area contributed by atoms with Crippen LogP contribution in [0.25, 0.3) is 0 Å². The molecule has 2 aliphatic carbocycles. The third-order valence-corrected chi connectivity index (χ3v) is 13.0. The quantitative estimate of drug-likeness (QED) is 0.117. The maximum Gasteiger partial charge on any atom is 0.449 e. The van der Waals surface area contributed by atoms with Gasteiger partial charge in [-0.05, 0) is 76.5 Å². The molecule has 2 saturated carbocycles. The molecule has 52 heavy (non-hydrogen) atoms. The van der Waals surface area contributed by atoms with Gasteiger partial charge in [0.1, 0.15) is 19.6 Å². The first-order valence-electron chi connectivity index (χ1n) is 18.2. The Labute approximate surface area is 297 Å². The van der Waals surface area contributed by atoms with E-state index in [0.717, 1.165) is 6.42 Å². The molecule has 0 amide bonds. The molecule has 12 atom stereocenters. The lowest BCUT2D eigenvalue weighted by atomic mass is 9.54. The molecule has 6 fully saturated rings. The van der Waals surface area contributed by atoms with Crippen LogP contribution in [0.1, 0.15) is 92.4 Å². The average Bonchev–Trinajstić information content (AvgIpc) is 3.38. The van der Waals surface area contributed by atoms with E-state index in [9.17, 15) is 35.9 Å². The van der Waals surface area contributed by atoms with Crippen molar-refractivity contribution in [2.45, 2.75) is 135 Å². The van der Waals surface area contributed by atoms with Crippen molar-refractivity contribution in [1.82, 2.24) is 0 Å². The number of ether oxygens (including phenoxy) is 6. The number of halogens is 6. The molecule has 292 valence electrons. The lowest BCUT2D eigenvalue weighted by Gasteiger charge is -2.57. The average molecular weight is 753 g/mol. The topological polar surface area (TPSA) is 108 Å². The summed E-state index contributed by atoms with van der Waals surface area (Å²) in [5, 5.41) is 0. The second-order valence-electron chi connectivity index (χ2n) is 16.3. The lowest BCUT2D eigenvalue weighted by Crippen LogP contribution is -2.67. The van der Waals surface area contributed by atoms with Gasteiger partial charge in [0.2, 0.25) is 29.9 Å². The summed E-state index contributed by atoms with van der Waals surface area (Å²) in [6, 6.07) is 0. The Hall–Kier alpha value is -2.56. The van der Waals surface area contributed by atoms with Crippen LogP contribution in [0.3, 0.4) is 0 Å². The van der Waals surface area contributed by atoms with Crippen LogP contribution in [-0.4, -0.2) is 67.6 Å². The highest BCUT2D eigenvalue weighted by Gasteiger charge is 2.70. The predicted octanol–water partition coefficient (Wildman–Crippen LogP) is 7.57. The Morgan fingerprint density at radius 3 is 2.17 bits per heavy atom. The summed E-state index contributed by atoms with van der Waals surface area (Å²) < 4.78 is 120. The van der Waals surface area contributed by atoms with Crippen LogP contribution < -0.4 is 0 Å². The van der Waals surface area contributed by atoms with E-state index >= 15 is 0 Å². The minimum atomic E-state index is -4.98. The molecule has 0 aromatic heterocycles. The summed E-state index contributed by atoms with van der Waals surface area (Å²) in [6.07, 6.45) is -9.66. The van der Waals surface area contributed by atoms with Crippen molar-refractivity contribution >= 4 is 11.9 Å². The summed E-state index contributed by atoms with van der Waals surface area (Å²) >= 11 is 0. The molecular weight excluding hydrogens is 706 g/mol. The van der Waals surface area contributed by atoms with E-state index in [-0.39, 0.29) is 47.3 Å². The summed E-state index contributed by atoms with van der Waals surface area (Å²) in [5.41, 5.74) is -3.11. The fourth-order valence-electron chi connectivity index (χ4n) is 10.3. The van der Waals surface area contributed by atoms with Gasteiger partial charge < -0.3 is 28.4 Å². The van der Waals surface area contributed by atoms with Gasteiger partial charge in [-0.2, -0.15) is 26.3 Å². The third kappa shape index (κ3) is 6.30. The van der Waals surface area contributed by atoms with Gasteiger partial charge in [0.25, 0.3) is 0 Å². The van der Waals surface area contributed by atoms with Crippen molar-refractivity contribution in [1.29, 1.82) is 0 Å². The number of rotatable bonds is 6. The van der Waals surface area contributed by atoms with Crippen LogP contribution >= 0.6 is 0 Å². The van der Waals surface area contributed by atoms with E-state index in [1.54, 1.807) is 20.8 Å². The van der Waals surface area contributed by atoms with Crippen LogP contribution in [-0.2, 0) is 47.8 Å². The van der Waals surface area contributed by atoms with Crippen molar-refractivity contribution in [3.8, 4) is 0 Å². The Morgan fingerprint density at radius 1 is 0.788 bits per heavy atom. The first-order valence-corrected chi connectivity index (χ1v) is 18.2. The molecule has 0 N–H and O–H groups in total. The van der Waals surface area contributed by atoms with E-state index in [4.69, 9.17) is 38.2 Å². The molecule has 4 saturated heterocycles. The maximum absolute atomic E-state index is 14.5. The largest absolute Gasteiger partial charge is 0.461 e. The third-order valence-electron chi connectivity index (χ3n) is 13.0. The summed E-state index contributed by atoms with van der Waals surface area (Å²) in [5.74, 6) is -7.75. The Kier molecular flexibility index (Phi) is 9.46. The van der Waals surface area contributed by atoms with Crippen LogP contribution in [0.4, 0.5) is 26.3 Å². The lowest BCUT2D eigenvalue weighted by molar-refractivity contribution is -0.557. The van der Waals surface area contributed by atoms with E-state index in [0.29, 0.717) is 38.5 Å². The normalized spacial score (nSPS) is 42.9. The van der Waals surface area contributed by atoms with Crippen molar-refractivity contribution in [3.05, 3.63) is 22.7 Å². The van der Waals surface area contributed by atoms with Crippen LogP contribution in [0.5, 0.6) is 0 Å². The van der Waals surface area contributed by atoms with Crippen molar-refractivity contribution in [2.75, 3.05) is 13.2 Å². The Morgan fingerprint density at radius 2 is 1.48 bits per heavy atom. The summed E-state index contributed by atoms with van der Waals surface area (Å²) in [6.45, 7) is 7.47. The summed E-state index contributed by atoms with van der Waals surface area (Å²) in [4.78, 5) is 37.4. The monoisotopic (exact) mass is 752 g/mol. The number of hydrogen-bond donors (Lipinski definition) is 0. The molecule has 0 radical (unpaired) electrons. The minimum Gasteiger partial charge on any atom is -0.461 e. The minimum absolute atomic E-state index is 0.0148. The molecule has 1 spiro atoms. The first-order chi connectivity index (χ1) is 24.3. The standard InChI is InChI=1S/C36H46F6O10/c1-17-10-12-32(4)24(29(36(40,41)42)48-30-27(32)20(17)8-7-19(3)47-30)16-46-26(44)14-25(43)45-15-21-23-9-6-18(2)22-11-13-33(5)50-31(34(22,23)52-51-33)49-28(21)35(37,38)39/h17-20,22-23,27,30-31H,6-16H2,1-5H3/t17-,18-,19+,20?,22?,23+,27+,30+,31-,32+,33?,34-/m1/s1. The van der Waals surface area contributed by atoms with Gasteiger partial charge >= 0.3 is 24.3 Å². The molecular formula is C36H46F6O10. The number of carbonyl (C=O) groups excluding carboxylic acids is 2. The Balaban J connectivity index is 1.07. The van der Waals surface area contributed by atoms with Gasteiger partial charge in [0.15, 0.2) is 5.60 Å². The van der Waals surface area contributed by atoms with Gasteiger partial charge in [-0.3, -0.25) is 9.59 Å². The zero-order chi connectivity index (χ0) is 37.6. The highest BCUT2D eigenvalue weighted by molar-refractivity contribution is 5.91. The van der Waals surface area contributed by atoms with Crippen molar-refractivity contribution in [3.63, 3.8) is 0 Å². The number of allylic oxidation sites excluding steroid dienone is 2. The molecule has 2 bridgehead atoms. The molecule has 10 nitrogen and oxygen atoms in total. The first kappa shape index (κ1) is 37.7. The number of fused-ring (bicyclic) bond motifs is 2. The molecule has 6 heterocycles. The number of carbonyl (C=O) groups is 2. The number of esters is 2. The molecule has 16 heteroatoms. The smallest absolute Gasteiger partial charge is 0.449 e. The van der Waals surface area contributed by atoms with Gasteiger partial charge in [-0.15, -0.1) is 0 Å². The van der Waals surface area contributed by atoms with E-state index < -0.39 is 96.7 Å². The van der Waals surface area contributed by atoms with Gasteiger partial charge in [-0.25, -0.2) is 9.78 Å². The SMILES string of the molecule is C[C@@H]1CC[C@@]2(C)C(COC(=O)CC(=O)OCC3=C(C(F)(F)F)O[C@@H]4OC5(C)CCC6[C@H](C)CC[C@@H]3[C@]64OO5)=C(C(F)(F)F)O[C@@H]3O[C@@H](C)CCC1[C@@H]32. The van der Waals surface area contributed by atoms with Crippen LogP contribution in [0.15, 0.2) is 22.7 Å². The fraction of sp³-hybridized carbons (Fsp3) is 0.833. The number of alkyl halides is 6. The highest BCUT2D eigenvalue weighted by atomic mass is 19.4. The maximum atomic E-state index is 14.5. The zero-order valence-electron chi connectivity index (χ0n) is 29.8. The van der Waals surface area contributed by atoms with E-state index in [2.05, 4.69) is 6.92 Å². The van der Waals surface area contributed by atoms with Crippen molar-refractivity contribution < 1.29 is 74.1 Å². The van der Waals surface area contributed by atoms with E-state index in [1.165, 1.54) is 0 Å². The Bertz CT molecular complexity index is 1510. The summed E-state index contributed by atoms with van der Waals surface area (Å²) in [7, 11) is 0. The van der Waals surface area contributed by atoms with E-state index in [1.807, 2.05) is 6.92 Å². The number of hydrogen-bond acceptors (Lipinski definition) is 10. The van der Waals surface area contributed by atoms with Crippen LogP contribution in [0.2, 0.25) is 0 Å². The molecule has 3 unspecified atom stereocenters. The second-order valence-corrected chi connectivity index (χ2v) is 16.3.